The lowest BCUT2D eigenvalue weighted by molar-refractivity contribution is 0.00223. The molecule has 1 amide bonds. The fourth-order valence-electron chi connectivity index (χ4n) is 3.87. The van der Waals surface area contributed by atoms with Crippen molar-refractivity contribution >= 4 is 6.09 Å². The van der Waals surface area contributed by atoms with E-state index < -0.39 is 0 Å². The zero-order valence-electron chi connectivity index (χ0n) is 16.0. The Morgan fingerprint density at radius 2 is 2.00 bits per heavy atom. The van der Waals surface area contributed by atoms with Crippen LogP contribution in [-0.4, -0.2) is 41.8 Å². The first-order valence-corrected chi connectivity index (χ1v) is 9.71. The number of rotatable bonds is 4. The summed E-state index contributed by atoms with van der Waals surface area (Å²) in [5.41, 5.74) is 5.42. The second-order valence-electron chi connectivity index (χ2n) is 7.53. The van der Waals surface area contributed by atoms with Gasteiger partial charge in [0, 0.05) is 24.1 Å². The molecule has 2 atom stereocenters. The molecule has 4 rings (SSSR count). The molecule has 2 saturated heterocycles. The smallest absolute Gasteiger partial charge is 0.410 e. The molecule has 0 N–H and O–H groups in total. The van der Waals surface area contributed by atoms with Crippen LogP contribution in [0.1, 0.15) is 42.2 Å². The van der Waals surface area contributed by atoms with Gasteiger partial charge < -0.3 is 14.4 Å². The van der Waals surface area contributed by atoms with Crippen molar-refractivity contribution in [2.24, 2.45) is 0 Å². The third-order valence-electron chi connectivity index (χ3n) is 5.45. The molecule has 0 bridgehead atoms. The van der Waals surface area contributed by atoms with Crippen molar-refractivity contribution in [1.82, 2.24) is 9.88 Å². The number of benzene rings is 1. The van der Waals surface area contributed by atoms with Gasteiger partial charge in [-0.15, -0.1) is 0 Å². The molecule has 2 unspecified atom stereocenters. The van der Waals surface area contributed by atoms with Gasteiger partial charge in [0.2, 0.25) is 0 Å². The molecular weight excluding hydrogens is 340 g/mol. The van der Waals surface area contributed by atoms with Gasteiger partial charge in [0.15, 0.2) is 0 Å². The fraction of sp³-hybridized carbons (Fsp3) is 0.455. The molecule has 142 valence electrons. The molecule has 2 aromatic rings. The highest BCUT2D eigenvalue weighted by Gasteiger charge is 2.34. The maximum absolute atomic E-state index is 12.3. The number of amides is 1. The highest BCUT2D eigenvalue weighted by Crippen LogP contribution is 2.31. The minimum Gasteiger partial charge on any atom is -0.439 e. The van der Waals surface area contributed by atoms with Crippen molar-refractivity contribution in [3.63, 3.8) is 0 Å². The molecule has 5 heteroatoms. The zero-order valence-corrected chi connectivity index (χ0v) is 16.0. The number of cyclic esters (lactones) is 1. The lowest BCUT2D eigenvalue weighted by Gasteiger charge is -2.25. The first kappa shape index (κ1) is 18.0. The average molecular weight is 366 g/mol. The molecule has 0 spiro atoms. The van der Waals surface area contributed by atoms with Crippen LogP contribution in [0.5, 0.6) is 0 Å². The van der Waals surface area contributed by atoms with Gasteiger partial charge in [0.1, 0.15) is 6.10 Å². The van der Waals surface area contributed by atoms with E-state index in [0.29, 0.717) is 13.1 Å². The lowest BCUT2D eigenvalue weighted by Crippen LogP contribution is -2.36. The molecule has 1 aromatic carbocycles. The van der Waals surface area contributed by atoms with Crippen LogP contribution in [0.2, 0.25) is 0 Å². The summed E-state index contributed by atoms with van der Waals surface area (Å²) in [6.45, 7) is 6.07. The predicted octanol–water partition coefficient (Wildman–Crippen LogP) is 4.43. The number of carbonyl (C=O) groups excluding carboxylic acids is 1. The summed E-state index contributed by atoms with van der Waals surface area (Å²) in [5, 5.41) is 0. The van der Waals surface area contributed by atoms with Crippen molar-refractivity contribution in [1.29, 1.82) is 0 Å². The number of aryl methyl sites for hydroxylation is 2. The fourth-order valence-corrected chi connectivity index (χ4v) is 3.87. The summed E-state index contributed by atoms with van der Waals surface area (Å²) in [7, 11) is 0. The summed E-state index contributed by atoms with van der Waals surface area (Å²) >= 11 is 0. The van der Waals surface area contributed by atoms with E-state index in [2.05, 4.69) is 36.2 Å². The summed E-state index contributed by atoms with van der Waals surface area (Å²) < 4.78 is 11.4. The Hall–Kier alpha value is -2.40. The first-order chi connectivity index (χ1) is 13.1. The highest BCUT2D eigenvalue weighted by atomic mass is 16.6. The van der Waals surface area contributed by atoms with Crippen molar-refractivity contribution < 1.29 is 14.3 Å². The third kappa shape index (κ3) is 3.98. The van der Waals surface area contributed by atoms with Gasteiger partial charge in [-0.2, -0.15) is 0 Å². The lowest BCUT2D eigenvalue weighted by atomic mass is 9.97. The minimum atomic E-state index is -0.236. The van der Waals surface area contributed by atoms with E-state index in [1.807, 2.05) is 19.2 Å². The number of nitrogens with zero attached hydrogens (tertiary/aromatic N) is 2. The minimum absolute atomic E-state index is 0.141. The van der Waals surface area contributed by atoms with E-state index in [9.17, 15) is 4.79 Å². The van der Waals surface area contributed by atoms with Crippen LogP contribution >= 0.6 is 0 Å². The molecule has 5 nitrogen and oxygen atoms in total. The average Bonchev–Trinajstić information content (AvgIpc) is 3.03. The molecule has 2 fully saturated rings. The number of aromatic nitrogens is 1. The SMILES string of the molecule is Cc1ccc(-c2ccc(C3CN(CC4CCCCO4)C(=O)O3)c(C)c2)cn1. The van der Waals surface area contributed by atoms with Crippen LogP contribution in [0.4, 0.5) is 4.79 Å². The van der Waals surface area contributed by atoms with Crippen LogP contribution in [0, 0.1) is 13.8 Å². The van der Waals surface area contributed by atoms with Crippen molar-refractivity contribution in [3.05, 3.63) is 53.3 Å². The van der Waals surface area contributed by atoms with Gasteiger partial charge in [-0.1, -0.05) is 24.3 Å². The monoisotopic (exact) mass is 366 g/mol. The molecule has 0 radical (unpaired) electrons. The van der Waals surface area contributed by atoms with E-state index >= 15 is 0 Å². The van der Waals surface area contributed by atoms with E-state index in [1.165, 1.54) is 6.42 Å². The van der Waals surface area contributed by atoms with Gasteiger partial charge in [0.05, 0.1) is 19.2 Å². The molecule has 0 aliphatic carbocycles. The first-order valence-electron chi connectivity index (χ1n) is 9.71. The maximum atomic E-state index is 12.3. The molecule has 2 aliphatic rings. The van der Waals surface area contributed by atoms with E-state index in [-0.39, 0.29) is 18.3 Å². The summed E-state index contributed by atoms with van der Waals surface area (Å²) in [6, 6.07) is 10.4. The molecule has 0 saturated carbocycles. The Morgan fingerprint density at radius 1 is 1.15 bits per heavy atom. The van der Waals surface area contributed by atoms with Crippen LogP contribution in [0.25, 0.3) is 11.1 Å². The molecular formula is C22H26N2O3. The Morgan fingerprint density at radius 3 is 2.70 bits per heavy atom. The van der Waals surface area contributed by atoms with Gasteiger partial charge >= 0.3 is 6.09 Å². The number of carbonyl (C=O) groups is 1. The van der Waals surface area contributed by atoms with Crippen LogP contribution in [0.15, 0.2) is 36.5 Å². The van der Waals surface area contributed by atoms with Crippen LogP contribution in [-0.2, 0) is 9.47 Å². The molecule has 2 aliphatic heterocycles. The quantitative estimate of drug-likeness (QED) is 0.803. The van der Waals surface area contributed by atoms with Crippen molar-refractivity contribution in [2.45, 2.75) is 45.3 Å². The normalized spacial score (nSPS) is 22.7. The number of ether oxygens (including phenoxy) is 2. The van der Waals surface area contributed by atoms with E-state index in [0.717, 1.165) is 47.4 Å². The van der Waals surface area contributed by atoms with Crippen LogP contribution in [0.3, 0.4) is 0 Å². The number of hydrogen-bond acceptors (Lipinski definition) is 4. The zero-order chi connectivity index (χ0) is 18.8. The van der Waals surface area contributed by atoms with Gasteiger partial charge in [-0.05, 0) is 55.9 Å². The second-order valence-corrected chi connectivity index (χ2v) is 7.53. The predicted molar refractivity (Wildman–Crippen MR) is 104 cm³/mol. The molecule has 27 heavy (non-hydrogen) atoms. The van der Waals surface area contributed by atoms with Crippen LogP contribution < -0.4 is 0 Å². The maximum Gasteiger partial charge on any atom is 0.410 e. The topological polar surface area (TPSA) is 51.7 Å². The molecule has 1 aromatic heterocycles. The van der Waals surface area contributed by atoms with E-state index in [1.54, 1.807) is 4.90 Å². The Balaban J connectivity index is 1.47. The van der Waals surface area contributed by atoms with Crippen molar-refractivity contribution in [2.75, 3.05) is 19.7 Å². The van der Waals surface area contributed by atoms with Crippen molar-refractivity contribution in [3.8, 4) is 11.1 Å². The summed E-state index contributed by atoms with van der Waals surface area (Å²) in [6.07, 6.45) is 4.89. The highest BCUT2D eigenvalue weighted by molar-refractivity contribution is 5.71. The molecule has 3 heterocycles. The Kier molecular flexibility index (Phi) is 5.12. The number of hydrogen-bond donors (Lipinski definition) is 0. The van der Waals surface area contributed by atoms with Gasteiger partial charge in [-0.25, -0.2) is 4.79 Å². The summed E-state index contributed by atoms with van der Waals surface area (Å²) in [4.78, 5) is 18.5. The standard InChI is InChI=1S/C22H26N2O3/c1-15-11-17(18-7-6-16(2)23-12-18)8-9-20(15)21-14-24(22(25)27-21)13-19-5-3-4-10-26-19/h6-9,11-12,19,21H,3-5,10,13-14H2,1-2H3. The van der Waals surface area contributed by atoms with E-state index in [4.69, 9.17) is 9.47 Å². The number of pyridine rings is 1. The third-order valence-corrected chi connectivity index (χ3v) is 5.45. The second kappa shape index (κ2) is 7.69. The Bertz CT molecular complexity index is 813. The van der Waals surface area contributed by atoms with Gasteiger partial charge in [-0.3, -0.25) is 4.98 Å². The Labute approximate surface area is 160 Å². The van der Waals surface area contributed by atoms with Gasteiger partial charge in [0.25, 0.3) is 0 Å². The largest absolute Gasteiger partial charge is 0.439 e. The summed E-state index contributed by atoms with van der Waals surface area (Å²) in [5.74, 6) is 0.